The third-order valence-corrected chi connectivity index (χ3v) is 6.02. The average Bonchev–Trinajstić information content (AvgIpc) is 3.48. The molecule has 1 aromatic heterocycles. The molecule has 7 heteroatoms. The highest BCUT2D eigenvalue weighted by Crippen LogP contribution is 2.30. The Labute approximate surface area is 172 Å². The summed E-state index contributed by atoms with van der Waals surface area (Å²) in [5, 5.41) is 6.91. The van der Waals surface area contributed by atoms with E-state index in [1.807, 2.05) is 30.3 Å². The van der Waals surface area contributed by atoms with Gasteiger partial charge in [0.25, 0.3) is 0 Å². The second-order valence-corrected chi connectivity index (χ2v) is 7.82. The van der Waals surface area contributed by atoms with E-state index in [9.17, 15) is 0 Å². The van der Waals surface area contributed by atoms with Crippen LogP contribution in [0.15, 0.2) is 46.0 Å². The standard InChI is InChI=1S/C22H31N5O2/c1-23-21(24-15-19-16-29-20(26-19)18-7-3-2-4-8-18)25-17-22(9-13-28-14-10-22)27-11-5-6-12-27/h2-4,7-8,16H,5-6,9-15,17H2,1H3,(H2,23,24,25). The summed E-state index contributed by atoms with van der Waals surface area (Å²) in [6.07, 6.45) is 6.44. The minimum absolute atomic E-state index is 0.167. The highest BCUT2D eigenvalue weighted by Gasteiger charge is 2.39. The Bertz CT molecular complexity index is 793. The molecule has 0 radical (unpaired) electrons. The molecule has 2 fully saturated rings. The lowest BCUT2D eigenvalue weighted by molar-refractivity contribution is -0.0164. The fourth-order valence-electron chi connectivity index (χ4n) is 4.29. The molecular weight excluding hydrogens is 366 g/mol. The number of guanidine groups is 1. The van der Waals surface area contributed by atoms with Crippen molar-refractivity contribution in [1.29, 1.82) is 0 Å². The molecule has 0 saturated carbocycles. The van der Waals surface area contributed by atoms with Crippen LogP contribution in [0, 0.1) is 0 Å². The molecule has 2 aliphatic heterocycles. The monoisotopic (exact) mass is 397 g/mol. The predicted molar refractivity (Wildman–Crippen MR) is 114 cm³/mol. The number of nitrogens with zero attached hydrogens (tertiary/aromatic N) is 3. The number of hydrogen-bond acceptors (Lipinski definition) is 5. The molecule has 3 heterocycles. The second kappa shape index (κ2) is 9.41. The van der Waals surface area contributed by atoms with Gasteiger partial charge in [0.1, 0.15) is 6.26 Å². The molecule has 4 rings (SSSR count). The van der Waals surface area contributed by atoms with Crippen molar-refractivity contribution in [3.05, 3.63) is 42.3 Å². The number of oxazole rings is 1. The summed E-state index contributed by atoms with van der Waals surface area (Å²) < 4.78 is 11.3. The lowest BCUT2D eigenvalue weighted by Crippen LogP contribution is -2.58. The van der Waals surface area contributed by atoms with E-state index < -0.39 is 0 Å². The number of likely N-dealkylation sites (tertiary alicyclic amines) is 1. The van der Waals surface area contributed by atoms with E-state index in [1.165, 1.54) is 25.9 Å². The minimum atomic E-state index is 0.167. The van der Waals surface area contributed by atoms with Gasteiger partial charge >= 0.3 is 0 Å². The first-order valence-electron chi connectivity index (χ1n) is 10.6. The van der Waals surface area contributed by atoms with E-state index in [0.717, 1.165) is 49.8 Å². The van der Waals surface area contributed by atoms with Gasteiger partial charge in [-0.2, -0.15) is 0 Å². The molecular formula is C22H31N5O2. The van der Waals surface area contributed by atoms with Crippen LogP contribution in [-0.2, 0) is 11.3 Å². The molecule has 0 spiro atoms. The zero-order chi connectivity index (χ0) is 19.9. The average molecular weight is 398 g/mol. The zero-order valence-corrected chi connectivity index (χ0v) is 17.2. The molecule has 2 saturated heterocycles. The van der Waals surface area contributed by atoms with Crippen molar-refractivity contribution in [3.8, 4) is 11.5 Å². The Hall–Kier alpha value is -2.38. The van der Waals surface area contributed by atoms with Gasteiger partial charge in [-0.15, -0.1) is 0 Å². The van der Waals surface area contributed by atoms with Crippen molar-refractivity contribution in [3.63, 3.8) is 0 Å². The summed E-state index contributed by atoms with van der Waals surface area (Å²) in [5.74, 6) is 1.43. The Morgan fingerprint density at radius 1 is 1.14 bits per heavy atom. The highest BCUT2D eigenvalue weighted by atomic mass is 16.5. The van der Waals surface area contributed by atoms with Crippen molar-refractivity contribution >= 4 is 5.96 Å². The third kappa shape index (κ3) is 4.79. The number of aromatic nitrogens is 1. The molecule has 0 amide bonds. The molecule has 0 aliphatic carbocycles. The maximum Gasteiger partial charge on any atom is 0.226 e. The van der Waals surface area contributed by atoms with Crippen molar-refractivity contribution in [2.75, 3.05) is 39.9 Å². The molecule has 0 atom stereocenters. The fraction of sp³-hybridized carbons (Fsp3) is 0.545. The third-order valence-electron chi connectivity index (χ3n) is 6.02. The van der Waals surface area contributed by atoms with E-state index in [1.54, 1.807) is 13.3 Å². The zero-order valence-electron chi connectivity index (χ0n) is 17.2. The summed E-state index contributed by atoms with van der Waals surface area (Å²) in [4.78, 5) is 11.6. The molecule has 156 valence electrons. The Balaban J connectivity index is 1.33. The fourth-order valence-corrected chi connectivity index (χ4v) is 4.29. The van der Waals surface area contributed by atoms with Crippen molar-refractivity contribution in [2.45, 2.75) is 37.8 Å². The summed E-state index contributed by atoms with van der Waals surface area (Å²) >= 11 is 0. The van der Waals surface area contributed by atoms with Crippen LogP contribution in [0.5, 0.6) is 0 Å². The van der Waals surface area contributed by atoms with Crippen LogP contribution >= 0.6 is 0 Å². The van der Waals surface area contributed by atoms with Gasteiger partial charge in [-0.3, -0.25) is 9.89 Å². The lowest BCUT2D eigenvalue weighted by atomic mass is 9.88. The van der Waals surface area contributed by atoms with Crippen LogP contribution in [0.2, 0.25) is 0 Å². The van der Waals surface area contributed by atoms with Gasteiger partial charge in [-0.25, -0.2) is 4.98 Å². The highest BCUT2D eigenvalue weighted by molar-refractivity contribution is 5.79. The van der Waals surface area contributed by atoms with Crippen LogP contribution in [-0.4, -0.2) is 61.3 Å². The number of hydrogen-bond donors (Lipinski definition) is 2. The van der Waals surface area contributed by atoms with Crippen LogP contribution in [0.1, 0.15) is 31.4 Å². The van der Waals surface area contributed by atoms with E-state index >= 15 is 0 Å². The topological polar surface area (TPSA) is 74.9 Å². The lowest BCUT2D eigenvalue weighted by Gasteiger charge is -2.45. The Morgan fingerprint density at radius 3 is 2.62 bits per heavy atom. The quantitative estimate of drug-likeness (QED) is 0.577. The maximum atomic E-state index is 5.64. The maximum absolute atomic E-state index is 5.64. The molecule has 0 unspecified atom stereocenters. The number of ether oxygens (including phenoxy) is 1. The summed E-state index contributed by atoms with van der Waals surface area (Å²) in [5.41, 5.74) is 2.00. The van der Waals surface area contributed by atoms with Crippen LogP contribution < -0.4 is 10.6 Å². The predicted octanol–water partition coefficient (Wildman–Crippen LogP) is 2.65. The van der Waals surface area contributed by atoms with Crippen LogP contribution in [0.4, 0.5) is 0 Å². The molecule has 2 N–H and O–H groups in total. The number of benzene rings is 1. The second-order valence-electron chi connectivity index (χ2n) is 7.82. The summed E-state index contributed by atoms with van der Waals surface area (Å²) in [7, 11) is 1.81. The molecule has 2 aromatic rings. The molecule has 2 aliphatic rings. The van der Waals surface area contributed by atoms with E-state index in [0.29, 0.717) is 12.4 Å². The van der Waals surface area contributed by atoms with E-state index in [-0.39, 0.29) is 5.54 Å². The van der Waals surface area contributed by atoms with Gasteiger partial charge in [-0.1, -0.05) is 18.2 Å². The molecule has 7 nitrogen and oxygen atoms in total. The smallest absolute Gasteiger partial charge is 0.226 e. The van der Waals surface area contributed by atoms with Gasteiger partial charge in [0, 0.05) is 37.9 Å². The minimum Gasteiger partial charge on any atom is -0.444 e. The van der Waals surface area contributed by atoms with Gasteiger partial charge in [0.2, 0.25) is 5.89 Å². The van der Waals surface area contributed by atoms with Gasteiger partial charge < -0.3 is 19.8 Å². The van der Waals surface area contributed by atoms with Gasteiger partial charge in [-0.05, 0) is 50.9 Å². The number of nitrogens with one attached hydrogen (secondary N) is 2. The van der Waals surface area contributed by atoms with Gasteiger partial charge in [0.05, 0.1) is 12.2 Å². The normalized spacial score (nSPS) is 20.0. The van der Waals surface area contributed by atoms with Crippen molar-refractivity contribution in [2.24, 2.45) is 4.99 Å². The van der Waals surface area contributed by atoms with E-state index in [2.05, 4.69) is 25.5 Å². The van der Waals surface area contributed by atoms with Crippen LogP contribution in [0.25, 0.3) is 11.5 Å². The first kappa shape index (κ1) is 19.9. The largest absolute Gasteiger partial charge is 0.444 e. The molecule has 0 bridgehead atoms. The number of aliphatic imine (C=N–C) groups is 1. The van der Waals surface area contributed by atoms with Gasteiger partial charge in [0.15, 0.2) is 5.96 Å². The van der Waals surface area contributed by atoms with E-state index in [4.69, 9.17) is 9.15 Å². The summed E-state index contributed by atoms with van der Waals surface area (Å²) in [6.45, 7) is 5.50. The Kier molecular flexibility index (Phi) is 6.46. The molecule has 29 heavy (non-hydrogen) atoms. The number of rotatable bonds is 6. The van der Waals surface area contributed by atoms with Crippen molar-refractivity contribution in [1.82, 2.24) is 20.5 Å². The first-order valence-corrected chi connectivity index (χ1v) is 10.6. The molecule has 1 aromatic carbocycles. The Morgan fingerprint density at radius 2 is 1.90 bits per heavy atom. The first-order chi connectivity index (χ1) is 14.3. The van der Waals surface area contributed by atoms with Crippen molar-refractivity contribution < 1.29 is 9.15 Å². The summed E-state index contributed by atoms with van der Waals surface area (Å²) in [6, 6.07) is 9.94. The SMILES string of the molecule is CN=C(NCc1coc(-c2ccccc2)n1)NCC1(N2CCCC2)CCOCC1. The van der Waals surface area contributed by atoms with Crippen LogP contribution in [0.3, 0.4) is 0 Å².